The molecule has 1 rings (SSSR count). The van der Waals surface area contributed by atoms with Crippen LogP contribution in [0.15, 0.2) is 0 Å². The fourth-order valence-electron chi connectivity index (χ4n) is 2.02. The zero-order valence-electron chi connectivity index (χ0n) is 10.2. The molecule has 2 N–H and O–H groups in total. The molecule has 2 heteroatoms. The van der Waals surface area contributed by atoms with Crippen LogP contribution in [0.25, 0.3) is 0 Å². The minimum Gasteiger partial charge on any atom is -0.326 e. The van der Waals surface area contributed by atoms with Gasteiger partial charge in [-0.3, -0.25) is 0 Å². The maximum atomic E-state index is 6.09. The molecule has 1 fully saturated rings. The number of hydrogen-bond donors (Lipinski definition) is 1. The quantitative estimate of drug-likeness (QED) is 0.751. The summed E-state index contributed by atoms with van der Waals surface area (Å²) < 4.78 is 0. The maximum absolute atomic E-state index is 6.09. The Hall–Kier alpha value is -0.0800. The van der Waals surface area contributed by atoms with E-state index in [2.05, 4.69) is 32.6 Å². The molecule has 0 saturated carbocycles. The normalized spacial score (nSPS) is 32.1. The summed E-state index contributed by atoms with van der Waals surface area (Å²) in [5.74, 6) is 2.33. The van der Waals surface area contributed by atoms with Crippen LogP contribution in [0, 0.1) is 17.8 Å². The van der Waals surface area contributed by atoms with E-state index in [1.807, 2.05) is 0 Å². The van der Waals surface area contributed by atoms with Crippen molar-refractivity contribution >= 4 is 0 Å². The van der Waals surface area contributed by atoms with Gasteiger partial charge in [0.2, 0.25) is 0 Å². The summed E-state index contributed by atoms with van der Waals surface area (Å²) in [6, 6.07) is 0.343. The monoisotopic (exact) mass is 198 g/mol. The van der Waals surface area contributed by atoms with E-state index in [0.717, 1.165) is 18.4 Å². The molecule has 0 spiro atoms. The highest BCUT2D eigenvalue weighted by Gasteiger charge is 2.24. The lowest BCUT2D eigenvalue weighted by Crippen LogP contribution is -2.46. The maximum Gasteiger partial charge on any atom is 0.0191 e. The Bertz CT molecular complexity index is 168. The highest BCUT2D eigenvalue weighted by atomic mass is 15.1. The molecule has 0 aromatic rings. The van der Waals surface area contributed by atoms with Gasteiger partial charge in [0.05, 0.1) is 0 Å². The number of nitrogens with two attached hydrogens (primary N) is 1. The number of piperidine rings is 1. The minimum atomic E-state index is 0.343. The van der Waals surface area contributed by atoms with Crippen LogP contribution < -0.4 is 5.73 Å². The van der Waals surface area contributed by atoms with Gasteiger partial charge in [-0.15, -0.1) is 0 Å². The summed E-state index contributed by atoms with van der Waals surface area (Å²) in [5.41, 5.74) is 6.09. The predicted molar refractivity (Wildman–Crippen MR) is 62.2 cm³/mol. The molecule has 1 saturated heterocycles. The SMILES string of the molecule is CC(C)[C@H](N)CN1CC[C@@H](C)[C@@H](C)C1. The van der Waals surface area contributed by atoms with Crippen molar-refractivity contribution in [2.45, 2.75) is 40.2 Å². The van der Waals surface area contributed by atoms with E-state index in [4.69, 9.17) is 5.73 Å². The number of rotatable bonds is 3. The van der Waals surface area contributed by atoms with Gasteiger partial charge in [-0.05, 0) is 30.7 Å². The number of hydrogen-bond acceptors (Lipinski definition) is 2. The molecule has 3 atom stereocenters. The Morgan fingerprint density at radius 1 is 1.29 bits per heavy atom. The Balaban J connectivity index is 2.33. The van der Waals surface area contributed by atoms with Crippen molar-refractivity contribution in [2.24, 2.45) is 23.5 Å². The first-order valence-corrected chi connectivity index (χ1v) is 5.98. The van der Waals surface area contributed by atoms with Crippen molar-refractivity contribution in [2.75, 3.05) is 19.6 Å². The van der Waals surface area contributed by atoms with Crippen LogP contribution in [0.3, 0.4) is 0 Å². The first-order valence-electron chi connectivity index (χ1n) is 5.98. The van der Waals surface area contributed by atoms with Gasteiger partial charge < -0.3 is 10.6 Å². The zero-order chi connectivity index (χ0) is 10.7. The second-order valence-corrected chi connectivity index (χ2v) is 5.41. The number of likely N-dealkylation sites (tertiary alicyclic amines) is 1. The van der Waals surface area contributed by atoms with Gasteiger partial charge in [0.15, 0.2) is 0 Å². The summed E-state index contributed by atoms with van der Waals surface area (Å²) in [5, 5.41) is 0. The Morgan fingerprint density at radius 2 is 1.93 bits per heavy atom. The largest absolute Gasteiger partial charge is 0.326 e. The topological polar surface area (TPSA) is 29.3 Å². The van der Waals surface area contributed by atoms with Gasteiger partial charge in [-0.25, -0.2) is 0 Å². The lowest BCUT2D eigenvalue weighted by Gasteiger charge is -2.37. The molecule has 0 unspecified atom stereocenters. The van der Waals surface area contributed by atoms with Crippen LogP contribution in [0.4, 0.5) is 0 Å². The first-order chi connectivity index (χ1) is 6.50. The lowest BCUT2D eigenvalue weighted by atomic mass is 9.88. The van der Waals surface area contributed by atoms with Crippen molar-refractivity contribution in [3.63, 3.8) is 0 Å². The molecule has 1 heterocycles. The van der Waals surface area contributed by atoms with E-state index < -0.39 is 0 Å². The summed E-state index contributed by atoms with van der Waals surface area (Å²) in [6.45, 7) is 12.7. The molecule has 0 aromatic heterocycles. The van der Waals surface area contributed by atoms with Crippen LogP contribution in [0.5, 0.6) is 0 Å². The van der Waals surface area contributed by atoms with E-state index in [1.165, 1.54) is 19.5 Å². The molecule has 0 aliphatic carbocycles. The zero-order valence-corrected chi connectivity index (χ0v) is 10.2. The minimum absolute atomic E-state index is 0.343. The molecule has 0 amide bonds. The van der Waals surface area contributed by atoms with Crippen LogP contribution in [0.2, 0.25) is 0 Å². The summed E-state index contributed by atoms with van der Waals surface area (Å²) in [4.78, 5) is 2.54. The first kappa shape index (κ1) is 12.0. The third-order valence-corrected chi connectivity index (χ3v) is 3.74. The lowest BCUT2D eigenvalue weighted by molar-refractivity contribution is 0.126. The summed E-state index contributed by atoms with van der Waals surface area (Å²) >= 11 is 0. The Kier molecular flexibility index (Phi) is 4.39. The van der Waals surface area contributed by atoms with Gasteiger partial charge in [0, 0.05) is 19.1 Å². The van der Waals surface area contributed by atoms with Crippen LogP contribution in [-0.2, 0) is 0 Å². The highest BCUT2D eigenvalue weighted by molar-refractivity contribution is 4.79. The predicted octanol–water partition coefficient (Wildman–Crippen LogP) is 1.95. The van der Waals surface area contributed by atoms with E-state index in [9.17, 15) is 0 Å². The van der Waals surface area contributed by atoms with Gasteiger partial charge >= 0.3 is 0 Å². The molecule has 0 radical (unpaired) electrons. The van der Waals surface area contributed by atoms with E-state index in [0.29, 0.717) is 12.0 Å². The fourth-order valence-corrected chi connectivity index (χ4v) is 2.02. The van der Waals surface area contributed by atoms with Crippen LogP contribution in [-0.4, -0.2) is 30.6 Å². The fraction of sp³-hybridized carbons (Fsp3) is 1.00. The van der Waals surface area contributed by atoms with Crippen molar-refractivity contribution in [1.29, 1.82) is 0 Å². The molecule has 0 aromatic carbocycles. The smallest absolute Gasteiger partial charge is 0.0191 e. The molecule has 2 nitrogen and oxygen atoms in total. The standard InChI is InChI=1S/C12H26N2/c1-9(2)12(13)8-14-6-5-10(3)11(4)7-14/h9-12H,5-8,13H2,1-4H3/t10-,11+,12-/m1/s1. The second-order valence-electron chi connectivity index (χ2n) is 5.41. The van der Waals surface area contributed by atoms with E-state index >= 15 is 0 Å². The molecule has 1 aliphatic heterocycles. The van der Waals surface area contributed by atoms with Crippen molar-refractivity contribution in [3.8, 4) is 0 Å². The van der Waals surface area contributed by atoms with Crippen LogP contribution >= 0.6 is 0 Å². The van der Waals surface area contributed by atoms with E-state index in [1.54, 1.807) is 0 Å². The molecule has 84 valence electrons. The third kappa shape index (κ3) is 3.25. The average Bonchev–Trinajstić information content (AvgIpc) is 2.11. The third-order valence-electron chi connectivity index (χ3n) is 3.74. The molecule has 14 heavy (non-hydrogen) atoms. The molecular weight excluding hydrogens is 172 g/mol. The Labute approximate surface area is 88.8 Å². The molecular formula is C12H26N2. The molecule has 1 aliphatic rings. The molecule has 0 bridgehead atoms. The van der Waals surface area contributed by atoms with Crippen molar-refractivity contribution < 1.29 is 0 Å². The van der Waals surface area contributed by atoms with Gasteiger partial charge in [0.25, 0.3) is 0 Å². The van der Waals surface area contributed by atoms with Gasteiger partial charge in [-0.1, -0.05) is 27.7 Å². The second kappa shape index (κ2) is 5.13. The highest BCUT2D eigenvalue weighted by Crippen LogP contribution is 2.22. The summed E-state index contributed by atoms with van der Waals surface area (Å²) in [6.07, 6.45) is 1.34. The van der Waals surface area contributed by atoms with Gasteiger partial charge in [-0.2, -0.15) is 0 Å². The number of nitrogens with zero attached hydrogens (tertiary/aromatic N) is 1. The van der Waals surface area contributed by atoms with E-state index in [-0.39, 0.29) is 0 Å². The van der Waals surface area contributed by atoms with Crippen molar-refractivity contribution in [3.05, 3.63) is 0 Å². The Morgan fingerprint density at radius 3 is 2.43 bits per heavy atom. The average molecular weight is 198 g/mol. The van der Waals surface area contributed by atoms with Gasteiger partial charge in [0.1, 0.15) is 0 Å². The summed E-state index contributed by atoms with van der Waals surface area (Å²) in [7, 11) is 0. The van der Waals surface area contributed by atoms with Crippen molar-refractivity contribution in [1.82, 2.24) is 4.90 Å². The van der Waals surface area contributed by atoms with Crippen LogP contribution in [0.1, 0.15) is 34.1 Å².